The highest BCUT2D eigenvalue weighted by Gasteiger charge is 2.28. The molecule has 7 heteroatoms. The quantitative estimate of drug-likeness (QED) is 0.786. The standard InChI is InChI=1S/C18H25N3O4/c22-16-5-1-9-20(16)10-3-8-19-17(23)14-6-11-21(12-7-14)18(24)15-4-2-13-25-15/h2,4,13-14H,1,3,5-12H2,(H,19,23). The summed E-state index contributed by atoms with van der Waals surface area (Å²) in [5.74, 6) is 0.463. The molecule has 7 nitrogen and oxygen atoms in total. The van der Waals surface area contributed by atoms with Crippen molar-refractivity contribution in [2.75, 3.05) is 32.7 Å². The van der Waals surface area contributed by atoms with Crippen molar-refractivity contribution in [2.24, 2.45) is 5.92 Å². The normalized spacial score (nSPS) is 18.6. The van der Waals surface area contributed by atoms with Crippen LogP contribution in [0.5, 0.6) is 0 Å². The third-order valence-electron chi connectivity index (χ3n) is 4.96. The first-order chi connectivity index (χ1) is 12.1. The van der Waals surface area contributed by atoms with E-state index in [9.17, 15) is 14.4 Å². The molecule has 2 saturated heterocycles. The molecule has 136 valence electrons. The fourth-order valence-electron chi connectivity index (χ4n) is 3.47. The van der Waals surface area contributed by atoms with E-state index in [4.69, 9.17) is 4.42 Å². The first-order valence-electron chi connectivity index (χ1n) is 9.03. The Hall–Kier alpha value is -2.31. The number of rotatable bonds is 6. The molecule has 0 radical (unpaired) electrons. The Morgan fingerprint density at radius 1 is 1.24 bits per heavy atom. The van der Waals surface area contributed by atoms with Crippen molar-refractivity contribution in [1.29, 1.82) is 0 Å². The minimum atomic E-state index is -0.112. The molecule has 0 atom stereocenters. The number of hydrogen-bond donors (Lipinski definition) is 1. The summed E-state index contributed by atoms with van der Waals surface area (Å²) in [7, 11) is 0. The van der Waals surface area contributed by atoms with Crippen LogP contribution in [0.4, 0.5) is 0 Å². The van der Waals surface area contributed by atoms with Crippen LogP contribution in [0, 0.1) is 5.92 Å². The first-order valence-corrected chi connectivity index (χ1v) is 9.03. The third kappa shape index (κ3) is 4.41. The smallest absolute Gasteiger partial charge is 0.289 e. The van der Waals surface area contributed by atoms with Crippen LogP contribution in [0.25, 0.3) is 0 Å². The van der Waals surface area contributed by atoms with Crippen LogP contribution in [0.15, 0.2) is 22.8 Å². The number of nitrogens with zero attached hydrogens (tertiary/aromatic N) is 2. The highest BCUT2D eigenvalue weighted by atomic mass is 16.3. The van der Waals surface area contributed by atoms with E-state index >= 15 is 0 Å². The SMILES string of the molecule is O=C(NCCCN1CCCC1=O)C1CCN(C(=O)c2ccco2)CC1. The molecule has 0 saturated carbocycles. The molecule has 2 aliphatic rings. The summed E-state index contributed by atoms with van der Waals surface area (Å²) in [6.45, 7) is 3.29. The molecule has 25 heavy (non-hydrogen) atoms. The van der Waals surface area contributed by atoms with Crippen molar-refractivity contribution in [3.63, 3.8) is 0 Å². The van der Waals surface area contributed by atoms with E-state index in [1.54, 1.807) is 17.0 Å². The van der Waals surface area contributed by atoms with E-state index < -0.39 is 0 Å². The van der Waals surface area contributed by atoms with Crippen LogP contribution in [0.3, 0.4) is 0 Å². The molecule has 1 N–H and O–H groups in total. The second kappa shape index (κ2) is 8.18. The largest absolute Gasteiger partial charge is 0.459 e. The van der Waals surface area contributed by atoms with Gasteiger partial charge in [-0.1, -0.05) is 0 Å². The van der Waals surface area contributed by atoms with Crippen molar-refractivity contribution in [2.45, 2.75) is 32.1 Å². The molecule has 0 aromatic carbocycles. The van der Waals surface area contributed by atoms with E-state index in [1.807, 2.05) is 4.90 Å². The average Bonchev–Trinajstić information content (AvgIpc) is 3.30. The molecular formula is C18H25N3O4. The molecule has 0 bridgehead atoms. The van der Waals surface area contributed by atoms with Crippen molar-refractivity contribution in [3.05, 3.63) is 24.2 Å². The molecule has 3 rings (SSSR count). The number of furan rings is 1. The molecule has 2 fully saturated rings. The summed E-state index contributed by atoms with van der Waals surface area (Å²) in [6.07, 6.45) is 5.21. The van der Waals surface area contributed by atoms with Gasteiger partial charge in [-0.05, 0) is 37.8 Å². The Balaban J connectivity index is 1.34. The predicted molar refractivity (Wildman–Crippen MR) is 90.8 cm³/mol. The van der Waals surface area contributed by atoms with Gasteiger partial charge >= 0.3 is 0 Å². The van der Waals surface area contributed by atoms with Gasteiger partial charge in [0.1, 0.15) is 0 Å². The predicted octanol–water partition coefficient (Wildman–Crippen LogP) is 1.26. The average molecular weight is 347 g/mol. The maximum absolute atomic E-state index is 12.3. The fraction of sp³-hybridized carbons (Fsp3) is 0.611. The Kier molecular flexibility index (Phi) is 5.73. The van der Waals surface area contributed by atoms with Gasteiger partial charge in [0.2, 0.25) is 11.8 Å². The van der Waals surface area contributed by atoms with Crippen LogP contribution in [-0.2, 0) is 9.59 Å². The summed E-state index contributed by atoms with van der Waals surface area (Å²) in [5.41, 5.74) is 0. The van der Waals surface area contributed by atoms with Crippen LogP contribution < -0.4 is 5.32 Å². The summed E-state index contributed by atoms with van der Waals surface area (Å²) in [4.78, 5) is 39.6. The van der Waals surface area contributed by atoms with E-state index in [0.717, 1.165) is 25.9 Å². The molecule has 3 amide bonds. The maximum Gasteiger partial charge on any atom is 0.289 e. The second-order valence-electron chi connectivity index (χ2n) is 6.67. The van der Waals surface area contributed by atoms with Gasteiger partial charge in [-0.25, -0.2) is 0 Å². The summed E-state index contributed by atoms with van der Waals surface area (Å²) < 4.78 is 5.14. The highest BCUT2D eigenvalue weighted by molar-refractivity contribution is 5.91. The molecule has 0 aliphatic carbocycles. The molecular weight excluding hydrogens is 322 g/mol. The van der Waals surface area contributed by atoms with Gasteiger partial charge in [0.25, 0.3) is 5.91 Å². The van der Waals surface area contributed by atoms with Crippen LogP contribution in [0.2, 0.25) is 0 Å². The lowest BCUT2D eigenvalue weighted by Gasteiger charge is -2.30. The van der Waals surface area contributed by atoms with Crippen molar-refractivity contribution >= 4 is 17.7 Å². The first kappa shape index (κ1) is 17.5. The zero-order valence-electron chi connectivity index (χ0n) is 14.4. The molecule has 3 heterocycles. The second-order valence-corrected chi connectivity index (χ2v) is 6.67. The van der Waals surface area contributed by atoms with Gasteiger partial charge < -0.3 is 19.5 Å². The Morgan fingerprint density at radius 2 is 2.04 bits per heavy atom. The summed E-state index contributed by atoms with van der Waals surface area (Å²) in [5, 5.41) is 2.96. The number of likely N-dealkylation sites (tertiary alicyclic amines) is 2. The van der Waals surface area contributed by atoms with E-state index in [0.29, 0.717) is 44.7 Å². The number of carbonyl (C=O) groups is 3. The number of carbonyl (C=O) groups excluding carboxylic acids is 3. The van der Waals surface area contributed by atoms with Gasteiger partial charge in [0.15, 0.2) is 5.76 Å². The Labute approximate surface area is 147 Å². The van der Waals surface area contributed by atoms with Gasteiger partial charge in [-0.2, -0.15) is 0 Å². The van der Waals surface area contributed by atoms with Crippen molar-refractivity contribution in [3.8, 4) is 0 Å². The van der Waals surface area contributed by atoms with E-state index in [1.165, 1.54) is 6.26 Å². The Morgan fingerprint density at radius 3 is 2.68 bits per heavy atom. The van der Waals surface area contributed by atoms with Gasteiger partial charge in [0.05, 0.1) is 6.26 Å². The molecule has 2 aliphatic heterocycles. The molecule has 0 unspecified atom stereocenters. The number of nitrogens with one attached hydrogen (secondary N) is 1. The number of hydrogen-bond acceptors (Lipinski definition) is 4. The monoisotopic (exact) mass is 347 g/mol. The lowest BCUT2D eigenvalue weighted by molar-refractivity contribution is -0.127. The topological polar surface area (TPSA) is 82.9 Å². The highest BCUT2D eigenvalue weighted by Crippen LogP contribution is 2.19. The fourth-order valence-corrected chi connectivity index (χ4v) is 3.47. The van der Waals surface area contributed by atoms with E-state index in [2.05, 4.69) is 5.32 Å². The Bertz CT molecular complexity index is 606. The van der Waals surface area contributed by atoms with Crippen LogP contribution in [-0.4, -0.2) is 60.2 Å². The minimum absolute atomic E-state index is 0.0472. The molecule has 1 aromatic heterocycles. The number of piperidine rings is 1. The molecule has 1 aromatic rings. The zero-order chi connectivity index (χ0) is 17.6. The van der Waals surface area contributed by atoms with Gasteiger partial charge in [0, 0.05) is 45.1 Å². The lowest BCUT2D eigenvalue weighted by atomic mass is 9.95. The van der Waals surface area contributed by atoms with Gasteiger partial charge in [-0.3, -0.25) is 14.4 Å². The van der Waals surface area contributed by atoms with Crippen molar-refractivity contribution in [1.82, 2.24) is 15.1 Å². The molecule has 0 spiro atoms. The zero-order valence-corrected chi connectivity index (χ0v) is 14.4. The lowest BCUT2D eigenvalue weighted by Crippen LogP contribution is -2.43. The van der Waals surface area contributed by atoms with E-state index in [-0.39, 0.29) is 23.6 Å². The van der Waals surface area contributed by atoms with Crippen molar-refractivity contribution < 1.29 is 18.8 Å². The van der Waals surface area contributed by atoms with Gasteiger partial charge in [-0.15, -0.1) is 0 Å². The maximum atomic E-state index is 12.3. The summed E-state index contributed by atoms with van der Waals surface area (Å²) in [6, 6.07) is 3.36. The minimum Gasteiger partial charge on any atom is -0.459 e. The third-order valence-corrected chi connectivity index (χ3v) is 4.96. The van der Waals surface area contributed by atoms with Crippen LogP contribution in [0.1, 0.15) is 42.7 Å². The van der Waals surface area contributed by atoms with Crippen LogP contribution >= 0.6 is 0 Å². The number of amides is 3. The summed E-state index contributed by atoms with van der Waals surface area (Å²) >= 11 is 0.